The summed E-state index contributed by atoms with van der Waals surface area (Å²) in [6.45, 7) is 4.65. The summed E-state index contributed by atoms with van der Waals surface area (Å²) in [6.07, 6.45) is 2.36. The molecule has 0 fully saturated rings. The first-order chi connectivity index (χ1) is 8.93. The molecular weight excluding hydrogens is 264 g/mol. The predicted octanol–water partition coefficient (Wildman–Crippen LogP) is 1.44. The molecular formula is C13H22N2O3S. The Morgan fingerprint density at radius 2 is 1.84 bits per heavy atom. The number of rotatable bonds is 8. The molecule has 0 aliphatic heterocycles. The number of hydrogen-bond donors (Lipinski definition) is 1. The minimum absolute atomic E-state index is 0.0971. The molecule has 0 aliphatic carbocycles. The van der Waals surface area contributed by atoms with Crippen LogP contribution >= 0.6 is 0 Å². The fourth-order valence-electron chi connectivity index (χ4n) is 1.58. The fraction of sp³-hybridized carbons (Fsp3) is 0.538. The first kappa shape index (κ1) is 15.9. The van der Waals surface area contributed by atoms with Gasteiger partial charge in [0.05, 0.1) is 4.90 Å². The smallest absolute Gasteiger partial charge is 0.238 e. The van der Waals surface area contributed by atoms with E-state index in [9.17, 15) is 8.42 Å². The number of nitrogens with zero attached hydrogens (tertiary/aromatic N) is 1. The van der Waals surface area contributed by atoms with E-state index in [2.05, 4.69) is 18.9 Å². The molecule has 0 atom stereocenters. The molecule has 0 heterocycles. The molecule has 1 rings (SSSR count). The van der Waals surface area contributed by atoms with Crippen LogP contribution < -0.4 is 9.88 Å². The van der Waals surface area contributed by atoms with E-state index in [-0.39, 0.29) is 4.90 Å². The number of nitrogens with two attached hydrogens (primary N) is 1. The fourth-order valence-corrected chi connectivity index (χ4v) is 2.10. The van der Waals surface area contributed by atoms with Gasteiger partial charge in [-0.1, -0.05) is 13.3 Å². The van der Waals surface area contributed by atoms with Crippen LogP contribution in [-0.4, -0.2) is 40.1 Å². The number of sulfonamides is 1. The first-order valence-corrected chi connectivity index (χ1v) is 7.92. The van der Waals surface area contributed by atoms with Crippen LogP contribution in [0.5, 0.6) is 5.75 Å². The third kappa shape index (κ3) is 6.04. The van der Waals surface area contributed by atoms with E-state index in [4.69, 9.17) is 9.88 Å². The summed E-state index contributed by atoms with van der Waals surface area (Å²) in [5.41, 5.74) is 0. The van der Waals surface area contributed by atoms with Gasteiger partial charge in [0.2, 0.25) is 10.0 Å². The molecule has 5 nitrogen and oxygen atoms in total. The Morgan fingerprint density at radius 3 is 2.37 bits per heavy atom. The Bertz CT molecular complexity index is 471. The van der Waals surface area contributed by atoms with Crippen molar-refractivity contribution in [2.45, 2.75) is 24.7 Å². The van der Waals surface area contributed by atoms with E-state index < -0.39 is 10.0 Å². The number of ether oxygens (including phenoxy) is 1. The van der Waals surface area contributed by atoms with Crippen LogP contribution in [0.2, 0.25) is 0 Å². The quantitative estimate of drug-likeness (QED) is 0.785. The summed E-state index contributed by atoms with van der Waals surface area (Å²) in [6, 6.07) is 6.13. The minimum Gasteiger partial charge on any atom is -0.492 e. The molecule has 0 spiro atoms. The second-order valence-electron chi connectivity index (χ2n) is 4.52. The zero-order valence-corrected chi connectivity index (χ0v) is 12.3. The lowest BCUT2D eigenvalue weighted by Crippen LogP contribution is -2.25. The molecule has 108 valence electrons. The van der Waals surface area contributed by atoms with E-state index in [1.165, 1.54) is 25.0 Å². The van der Waals surface area contributed by atoms with E-state index in [0.29, 0.717) is 12.4 Å². The molecule has 0 saturated heterocycles. The van der Waals surface area contributed by atoms with Gasteiger partial charge in [0.25, 0.3) is 0 Å². The summed E-state index contributed by atoms with van der Waals surface area (Å²) in [7, 11) is -1.57. The highest BCUT2D eigenvalue weighted by Crippen LogP contribution is 2.14. The molecule has 1 aromatic rings. The Hall–Kier alpha value is -1.11. The number of unbranched alkanes of at least 4 members (excludes halogenated alkanes) is 1. The molecule has 0 aromatic heterocycles. The molecule has 0 amide bonds. The van der Waals surface area contributed by atoms with Crippen molar-refractivity contribution in [2.24, 2.45) is 5.14 Å². The molecule has 19 heavy (non-hydrogen) atoms. The van der Waals surface area contributed by atoms with Gasteiger partial charge in [-0.2, -0.15) is 0 Å². The van der Waals surface area contributed by atoms with Crippen molar-refractivity contribution in [1.82, 2.24) is 4.90 Å². The van der Waals surface area contributed by atoms with Crippen molar-refractivity contribution in [3.8, 4) is 5.75 Å². The van der Waals surface area contributed by atoms with E-state index in [0.717, 1.165) is 13.1 Å². The number of benzene rings is 1. The maximum atomic E-state index is 11.1. The van der Waals surface area contributed by atoms with E-state index in [1.807, 2.05) is 0 Å². The van der Waals surface area contributed by atoms with Gasteiger partial charge in [-0.25, -0.2) is 13.6 Å². The molecule has 0 saturated carbocycles. The van der Waals surface area contributed by atoms with Crippen LogP contribution in [0.1, 0.15) is 19.8 Å². The minimum atomic E-state index is -3.63. The topological polar surface area (TPSA) is 72.6 Å². The van der Waals surface area contributed by atoms with Crippen LogP contribution in [0.3, 0.4) is 0 Å². The highest BCUT2D eigenvalue weighted by atomic mass is 32.2. The van der Waals surface area contributed by atoms with Gasteiger partial charge in [-0.05, 0) is 44.3 Å². The van der Waals surface area contributed by atoms with Crippen molar-refractivity contribution in [2.75, 3.05) is 26.7 Å². The van der Waals surface area contributed by atoms with E-state index >= 15 is 0 Å². The van der Waals surface area contributed by atoms with Gasteiger partial charge in [-0.15, -0.1) is 0 Å². The molecule has 0 radical (unpaired) electrons. The van der Waals surface area contributed by atoms with Crippen molar-refractivity contribution in [1.29, 1.82) is 0 Å². The highest BCUT2D eigenvalue weighted by molar-refractivity contribution is 7.89. The van der Waals surface area contributed by atoms with Gasteiger partial charge in [0.1, 0.15) is 12.4 Å². The lowest BCUT2D eigenvalue weighted by Gasteiger charge is -2.16. The molecule has 0 unspecified atom stereocenters. The van der Waals surface area contributed by atoms with Crippen LogP contribution in [0, 0.1) is 0 Å². The largest absolute Gasteiger partial charge is 0.492 e. The maximum absolute atomic E-state index is 11.1. The van der Waals surface area contributed by atoms with Crippen LogP contribution in [0.15, 0.2) is 29.2 Å². The molecule has 0 bridgehead atoms. The summed E-state index contributed by atoms with van der Waals surface area (Å²) >= 11 is 0. The van der Waals surface area contributed by atoms with E-state index in [1.54, 1.807) is 12.1 Å². The average Bonchev–Trinajstić information content (AvgIpc) is 2.36. The molecule has 0 aliphatic rings. The second kappa shape index (κ2) is 7.47. The zero-order chi connectivity index (χ0) is 14.3. The number of primary sulfonamides is 1. The first-order valence-electron chi connectivity index (χ1n) is 6.37. The van der Waals surface area contributed by atoms with Crippen LogP contribution in [0.4, 0.5) is 0 Å². The Kier molecular flexibility index (Phi) is 6.27. The molecule has 6 heteroatoms. The Balaban J connectivity index is 2.38. The van der Waals surface area contributed by atoms with Crippen molar-refractivity contribution in [3.63, 3.8) is 0 Å². The zero-order valence-electron chi connectivity index (χ0n) is 11.5. The molecule has 2 N–H and O–H groups in total. The summed E-state index contributed by atoms with van der Waals surface area (Å²) in [4.78, 5) is 2.31. The molecule has 1 aromatic carbocycles. The third-order valence-electron chi connectivity index (χ3n) is 2.79. The SMILES string of the molecule is CCCCN(C)CCOc1ccc(S(N)(=O)=O)cc1. The van der Waals surface area contributed by atoms with Gasteiger partial charge >= 0.3 is 0 Å². The monoisotopic (exact) mass is 286 g/mol. The lowest BCUT2D eigenvalue weighted by atomic mass is 10.3. The van der Waals surface area contributed by atoms with Gasteiger partial charge < -0.3 is 9.64 Å². The van der Waals surface area contributed by atoms with Crippen molar-refractivity contribution >= 4 is 10.0 Å². The Morgan fingerprint density at radius 1 is 1.21 bits per heavy atom. The average molecular weight is 286 g/mol. The Labute approximate surface area is 115 Å². The van der Waals surface area contributed by atoms with Gasteiger partial charge in [0.15, 0.2) is 0 Å². The van der Waals surface area contributed by atoms with Crippen molar-refractivity contribution in [3.05, 3.63) is 24.3 Å². The lowest BCUT2D eigenvalue weighted by molar-refractivity contribution is 0.235. The summed E-state index contributed by atoms with van der Waals surface area (Å²) in [5, 5.41) is 5.02. The highest BCUT2D eigenvalue weighted by Gasteiger charge is 2.07. The van der Waals surface area contributed by atoms with Crippen molar-refractivity contribution < 1.29 is 13.2 Å². The maximum Gasteiger partial charge on any atom is 0.238 e. The van der Waals surface area contributed by atoms with Gasteiger partial charge in [-0.3, -0.25) is 0 Å². The second-order valence-corrected chi connectivity index (χ2v) is 6.08. The van der Waals surface area contributed by atoms with Crippen LogP contribution in [-0.2, 0) is 10.0 Å². The third-order valence-corrected chi connectivity index (χ3v) is 3.72. The standard InChI is InChI=1S/C13H22N2O3S/c1-3-4-9-15(2)10-11-18-12-5-7-13(8-6-12)19(14,16)17/h5-8H,3-4,9-11H2,1-2H3,(H2,14,16,17). The van der Waals surface area contributed by atoms with Gasteiger partial charge in [0, 0.05) is 6.54 Å². The predicted molar refractivity (Wildman–Crippen MR) is 75.7 cm³/mol. The summed E-state index contributed by atoms with van der Waals surface area (Å²) in [5.74, 6) is 0.649. The normalized spacial score (nSPS) is 11.8. The number of likely N-dealkylation sites (N-methyl/N-ethyl adjacent to an activating group) is 1. The summed E-state index contributed by atoms with van der Waals surface area (Å²) < 4.78 is 27.7. The number of hydrogen-bond acceptors (Lipinski definition) is 4. The van der Waals surface area contributed by atoms with Crippen LogP contribution in [0.25, 0.3) is 0 Å².